The van der Waals surface area contributed by atoms with Crippen LogP contribution in [-0.4, -0.2) is 16.7 Å². The van der Waals surface area contributed by atoms with E-state index in [9.17, 15) is 4.39 Å². The molecule has 2 aromatic carbocycles. The van der Waals surface area contributed by atoms with E-state index in [1.54, 1.807) is 23.8 Å². The van der Waals surface area contributed by atoms with Crippen LogP contribution in [0.2, 0.25) is 0 Å². The molecule has 0 saturated heterocycles. The van der Waals surface area contributed by atoms with E-state index in [2.05, 4.69) is 4.98 Å². The van der Waals surface area contributed by atoms with Crippen LogP contribution in [0.5, 0.6) is 5.75 Å². The number of aromatic nitrogens is 2. The normalized spacial score (nSPS) is 11.0. The standard InChI is InChI=1S/C16H14ClFN2O/c1-10-3-6-14-13(7-10)19-16(9-17)20(14)15-8-11(21-2)4-5-12(15)18/h3-8H,9H2,1-2H3. The average molecular weight is 305 g/mol. The molecule has 108 valence electrons. The largest absolute Gasteiger partial charge is 0.497 e. The van der Waals surface area contributed by atoms with Crippen LogP contribution in [0.15, 0.2) is 36.4 Å². The highest BCUT2D eigenvalue weighted by molar-refractivity contribution is 6.17. The third-order valence-corrected chi connectivity index (χ3v) is 3.63. The Bertz CT molecular complexity index is 813. The van der Waals surface area contributed by atoms with E-state index >= 15 is 0 Å². The molecular formula is C16H14ClFN2O. The van der Waals surface area contributed by atoms with Crippen LogP contribution in [0.4, 0.5) is 4.39 Å². The van der Waals surface area contributed by atoms with E-state index < -0.39 is 0 Å². The average Bonchev–Trinajstić information content (AvgIpc) is 2.85. The number of halogens is 2. The van der Waals surface area contributed by atoms with Gasteiger partial charge in [-0.25, -0.2) is 9.37 Å². The number of aryl methyl sites for hydroxylation is 1. The van der Waals surface area contributed by atoms with Crippen molar-refractivity contribution in [3.8, 4) is 11.4 Å². The van der Waals surface area contributed by atoms with E-state index in [4.69, 9.17) is 16.3 Å². The molecule has 0 bridgehead atoms. The van der Waals surface area contributed by atoms with Crippen LogP contribution in [-0.2, 0) is 5.88 Å². The van der Waals surface area contributed by atoms with Gasteiger partial charge >= 0.3 is 0 Å². The van der Waals surface area contributed by atoms with Crippen molar-refractivity contribution in [3.05, 3.63) is 53.6 Å². The summed E-state index contributed by atoms with van der Waals surface area (Å²) in [5.74, 6) is 1.04. The van der Waals surface area contributed by atoms with Gasteiger partial charge in [0.2, 0.25) is 0 Å². The lowest BCUT2D eigenvalue weighted by Gasteiger charge is -2.10. The van der Waals surface area contributed by atoms with Gasteiger partial charge in [0.25, 0.3) is 0 Å². The molecule has 0 unspecified atom stereocenters. The molecule has 21 heavy (non-hydrogen) atoms. The number of ether oxygens (including phenoxy) is 1. The number of hydrogen-bond donors (Lipinski definition) is 0. The number of rotatable bonds is 3. The van der Waals surface area contributed by atoms with Gasteiger partial charge in [0.1, 0.15) is 17.4 Å². The molecule has 0 aliphatic carbocycles. The quantitative estimate of drug-likeness (QED) is 0.677. The maximum atomic E-state index is 14.2. The van der Waals surface area contributed by atoms with Crippen molar-refractivity contribution >= 4 is 22.6 Å². The summed E-state index contributed by atoms with van der Waals surface area (Å²) >= 11 is 5.98. The SMILES string of the molecule is COc1ccc(F)c(-n2c(CCl)nc3cc(C)ccc32)c1. The fourth-order valence-corrected chi connectivity index (χ4v) is 2.57. The van der Waals surface area contributed by atoms with Crippen molar-refractivity contribution in [1.82, 2.24) is 9.55 Å². The number of fused-ring (bicyclic) bond motifs is 1. The molecule has 3 rings (SSSR count). The van der Waals surface area contributed by atoms with Crippen LogP contribution < -0.4 is 4.74 Å². The van der Waals surface area contributed by atoms with Crippen molar-refractivity contribution in [3.63, 3.8) is 0 Å². The second-order valence-electron chi connectivity index (χ2n) is 4.81. The summed E-state index contributed by atoms with van der Waals surface area (Å²) in [6.07, 6.45) is 0. The van der Waals surface area contributed by atoms with Crippen LogP contribution in [0.3, 0.4) is 0 Å². The van der Waals surface area contributed by atoms with E-state index in [0.29, 0.717) is 17.3 Å². The summed E-state index contributed by atoms with van der Waals surface area (Å²) in [7, 11) is 1.55. The minimum absolute atomic E-state index is 0.199. The van der Waals surface area contributed by atoms with Crippen molar-refractivity contribution in [1.29, 1.82) is 0 Å². The Morgan fingerprint density at radius 3 is 2.76 bits per heavy atom. The molecule has 0 spiro atoms. The first kappa shape index (κ1) is 13.9. The van der Waals surface area contributed by atoms with Gasteiger partial charge < -0.3 is 4.74 Å². The summed E-state index contributed by atoms with van der Waals surface area (Å²) in [6.45, 7) is 1.99. The maximum Gasteiger partial charge on any atom is 0.147 e. The van der Waals surface area contributed by atoms with Gasteiger partial charge in [0.15, 0.2) is 0 Å². The molecular weight excluding hydrogens is 291 g/mol. The lowest BCUT2D eigenvalue weighted by atomic mass is 10.2. The number of alkyl halides is 1. The molecule has 3 nitrogen and oxygen atoms in total. The highest BCUT2D eigenvalue weighted by Crippen LogP contribution is 2.27. The van der Waals surface area contributed by atoms with Gasteiger partial charge in [-0.15, -0.1) is 11.6 Å². The molecule has 1 aromatic heterocycles. The van der Waals surface area contributed by atoms with Crippen molar-refractivity contribution in [2.24, 2.45) is 0 Å². The Morgan fingerprint density at radius 1 is 1.24 bits per heavy atom. The summed E-state index contributed by atoms with van der Waals surface area (Å²) < 4.78 is 21.2. The second kappa shape index (κ2) is 5.37. The summed E-state index contributed by atoms with van der Waals surface area (Å²) in [5.41, 5.74) is 3.10. The van der Waals surface area contributed by atoms with Gasteiger partial charge in [-0.2, -0.15) is 0 Å². The molecule has 0 aliphatic rings. The predicted molar refractivity (Wildman–Crippen MR) is 81.9 cm³/mol. The highest BCUT2D eigenvalue weighted by atomic mass is 35.5. The predicted octanol–water partition coefficient (Wildman–Crippen LogP) is 4.22. The van der Waals surface area contributed by atoms with Crippen LogP contribution in [0.1, 0.15) is 11.4 Å². The summed E-state index contributed by atoms with van der Waals surface area (Å²) in [6, 6.07) is 10.5. The van der Waals surface area contributed by atoms with Gasteiger partial charge in [-0.05, 0) is 36.8 Å². The monoisotopic (exact) mass is 304 g/mol. The smallest absolute Gasteiger partial charge is 0.147 e. The molecule has 3 aromatic rings. The third-order valence-electron chi connectivity index (χ3n) is 3.39. The van der Waals surface area contributed by atoms with Gasteiger partial charge in [-0.1, -0.05) is 6.07 Å². The highest BCUT2D eigenvalue weighted by Gasteiger charge is 2.15. The van der Waals surface area contributed by atoms with Crippen molar-refractivity contribution in [2.75, 3.05) is 7.11 Å². The van der Waals surface area contributed by atoms with Gasteiger partial charge in [-0.3, -0.25) is 4.57 Å². The lowest BCUT2D eigenvalue weighted by Crippen LogP contribution is -2.02. The van der Waals surface area contributed by atoms with E-state index in [-0.39, 0.29) is 11.7 Å². The first-order valence-electron chi connectivity index (χ1n) is 6.52. The number of benzene rings is 2. The van der Waals surface area contributed by atoms with Gasteiger partial charge in [0, 0.05) is 6.07 Å². The fourth-order valence-electron chi connectivity index (χ4n) is 2.39. The lowest BCUT2D eigenvalue weighted by molar-refractivity contribution is 0.413. The molecule has 0 N–H and O–H groups in total. The van der Waals surface area contributed by atoms with Crippen LogP contribution in [0, 0.1) is 12.7 Å². The molecule has 0 amide bonds. The molecule has 0 saturated carbocycles. The maximum absolute atomic E-state index is 14.2. The zero-order valence-electron chi connectivity index (χ0n) is 11.7. The molecule has 1 heterocycles. The molecule has 0 fully saturated rings. The Balaban J connectivity index is 2.33. The third kappa shape index (κ3) is 2.36. The summed E-state index contributed by atoms with van der Waals surface area (Å²) in [4.78, 5) is 4.49. The van der Waals surface area contributed by atoms with Crippen LogP contribution >= 0.6 is 11.6 Å². The van der Waals surface area contributed by atoms with E-state index in [1.165, 1.54) is 6.07 Å². The zero-order chi connectivity index (χ0) is 15.0. The minimum Gasteiger partial charge on any atom is -0.497 e. The minimum atomic E-state index is -0.345. The fraction of sp³-hybridized carbons (Fsp3) is 0.188. The number of imidazole rings is 1. The van der Waals surface area contributed by atoms with E-state index in [1.807, 2.05) is 25.1 Å². The first-order chi connectivity index (χ1) is 10.1. The van der Waals surface area contributed by atoms with Crippen molar-refractivity contribution < 1.29 is 9.13 Å². The molecule has 0 atom stereocenters. The van der Waals surface area contributed by atoms with E-state index in [0.717, 1.165) is 16.6 Å². The zero-order valence-corrected chi connectivity index (χ0v) is 12.5. The Labute approximate surface area is 126 Å². The number of methoxy groups -OCH3 is 1. The first-order valence-corrected chi connectivity index (χ1v) is 7.05. The van der Waals surface area contributed by atoms with Crippen LogP contribution in [0.25, 0.3) is 16.7 Å². The second-order valence-corrected chi connectivity index (χ2v) is 5.07. The molecule has 0 aliphatic heterocycles. The number of nitrogens with zero attached hydrogens (tertiary/aromatic N) is 2. The van der Waals surface area contributed by atoms with Gasteiger partial charge in [0.05, 0.1) is 29.7 Å². The Morgan fingerprint density at radius 2 is 2.05 bits per heavy atom. The Hall–Kier alpha value is -2.07. The van der Waals surface area contributed by atoms with Crippen molar-refractivity contribution in [2.45, 2.75) is 12.8 Å². The Kier molecular flexibility index (Phi) is 3.55. The topological polar surface area (TPSA) is 27.1 Å². The summed E-state index contributed by atoms with van der Waals surface area (Å²) in [5, 5.41) is 0. The molecule has 0 radical (unpaired) electrons. The molecule has 5 heteroatoms. The number of hydrogen-bond acceptors (Lipinski definition) is 2.